The molecule has 2 N–H and O–H groups in total. The van der Waals surface area contributed by atoms with Gasteiger partial charge in [0, 0.05) is 25.1 Å². The lowest BCUT2D eigenvalue weighted by Gasteiger charge is -2.34. The second kappa shape index (κ2) is 6.89. The smallest absolute Gasteiger partial charge is 0.265 e. The summed E-state index contributed by atoms with van der Waals surface area (Å²) in [6.45, 7) is 3.10. The lowest BCUT2D eigenvalue weighted by molar-refractivity contribution is 0.0251. The molecule has 0 radical (unpaired) electrons. The van der Waals surface area contributed by atoms with Crippen molar-refractivity contribution in [1.82, 2.24) is 4.90 Å². The second-order valence-electron chi connectivity index (χ2n) is 5.02. The summed E-state index contributed by atoms with van der Waals surface area (Å²) in [6.07, 6.45) is 0.782. The van der Waals surface area contributed by atoms with Crippen molar-refractivity contribution >= 4 is 17.2 Å². The highest BCUT2D eigenvalue weighted by molar-refractivity contribution is 7.12. The molecule has 108 valence electrons. The molecule has 2 rings (SSSR count). The molecule has 1 aromatic rings. The molecule has 20 heavy (non-hydrogen) atoms. The molecule has 0 bridgehead atoms. The minimum absolute atomic E-state index is 0.0244. The monoisotopic (exact) mass is 293 g/mol. The van der Waals surface area contributed by atoms with E-state index in [0.29, 0.717) is 30.0 Å². The minimum Gasteiger partial charge on any atom is -0.395 e. The van der Waals surface area contributed by atoms with E-state index < -0.39 is 6.10 Å². The molecule has 1 aromatic heterocycles. The number of β-amino-alcohol motifs (C(OH)–C–C–N with tert-alkyl or cyclic N) is 1. The number of rotatable bonds is 2. The highest BCUT2D eigenvalue weighted by Gasteiger charge is 2.29. The summed E-state index contributed by atoms with van der Waals surface area (Å²) in [6, 6.07) is 1.82. The van der Waals surface area contributed by atoms with Gasteiger partial charge in [-0.25, -0.2) is 0 Å². The van der Waals surface area contributed by atoms with Gasteiger partial charge >= 0.3 is 0 Å². The number of piperidine rings is 1. The van der Waals surface area contributed by atoms with Gasteiger partial charge in [-0.1, -0.05) is 18.8 Å². The Kier molecular flexibility index (Phi) is 5.18. The largest absolute Gasteiger partial charge is 0.395 e. The number of aliphatic hydroxyl groups excluding tert-OH is 2. The fourth-order valence-corrected chi connectivity index (χ4v) is 2.98. The maximum absolute atomic E-state index is 12.5. The molecule has 4 nitrogen and oxygen atoms in total. The quantitative estimate of drug-likeness (QED) is 0.809. The number of amides is 1. The van der Waals surface area contributed by atoms with Gasteiger partial charge in [-0.05, 0) is 23.8 Å². The normalized spacial score (nSPS) is 22.2. The van der Waals surface area contributed by atoms with Crippen LogP contribution in [0.25, 0.3) is 0 Å². The molecule has 0 aliphatic carbocycles. The molecule has 1 aliphatic rings. The van der Waals surface area contributed by atoms with Crippen LogP contribution in [0, 0.1) is 17.8 Å². The van der Waals surface area contributed by atoms with Crippen LogP contribution < -0.4 is 0 Å². The topological polar surface area (TPSA) is 60.8 Å². The van der Waals surface area contributed by atoms with Crippen molar-refractivity contribution in [3.63, 3.8) is 0 Å². The van der Waals surface area contributed by atoms with Crippen LogP contribution in [0.1, 0.15) is 35.0 Å². The van der Waals surface area contributed by atoms with E-state index in [1.165, 1.54) is 11.3 Å². The first-order valence-electron chi connectivity index (χ1n) is 6.78. The van der Waals surface area contributed by atoms with E-state index in [-0.39, 0.29) is 18.4 Å². The SMILES string of the molecule is CC1CCN(C(=O)c2sccc2C#CCCO)CC1O. The van der Waals surface area contributed by atoms with Crippen LogP contribution in [0.4, 0.5) is 0 Å². The van der Waals surface area contributed by atoms with Crippen molar-refractivity contribution in [1.29, 1.82) is 0 Å². The Hall–Kier alpha value is -1.35. The van der Waals surface area contributed by atoms with Crippen molar-refractivity contribution in [2.75, 3.05) is 19.7 Å². The number of hydrogen-bond acceptors (Lipinski definition) is 4. The minimum atomic E-state index is -0.448. The first-order chi connectivity index (χ1) is 9.63. The third kappa shape index (κ3) is 3.40. The fourth-order valence-electron chi connectivity index (χ4n) is 2.16. The zero-order valence-electron chi connectivity index (χ0n) is 11.5. The van der Waals surface area contributed by atoms with Gasteiger partial charge in [-0.2, -0.15) is 0 Å². The first-order valence-corrected chi connectivity index (χ1v) is 7.66. The van der Waals surface area contributed by atoms with Crippen molar-refractivity contribution in [3.05, 3.63) is 21.9 Å². The van der Waals surface area contributed by atoms with Gasteiger partial charge in [0.25, 0.3) is 5.91 Å². The summed E-state index contributed by atoms with van der Waals surface area (Å²) in [7, 11) is 0. The third-order valence-corrected chi connectivity index (χ3v) is 4.43. The average Bonchev–Trinajstić information content (AvgIpc) is 2.90. The third-order valence-electron chi connectivity index (χ3n) is 3.53. The lowest BCUT2D eigenvalue weighted by atomic mass is 9.96. The molecule has 2 unspecified atom stereocenters. The van der Waals surface area contributed by atoms with E-state index in [0.717, 1.165) is 6.42 Å². The number of carbonyl (C=O) groups excluding carboxylic acids is 1. The molecular formula is C15H19NO3S. The molecule has 1 aliphatic heterocycles. The number of likely N-dealkylation sites (tertiary alicyclic amines) is 1. The van der Waals surface area contributed by atoms with E-state index in [4.69, 9.17) is 5.11 Å². The maximum Gasteiger partial charge on any atom is 0.265 e. The number of carbonyl (C=O) groups is 1. The van der Waals surface area contributed by atoms with Gasteiger partial charge in [0.2, 0.25) is 0 Å². The van der Waals surface area contributed by atoms with Gasteiger partial charge in [0.1, 0.15) is 4.88 Å². The molecule has 0 saturated carbocycles. The Morgan fingerprint density at radius 2 is 2.40 bits per heavy atom. The molecule has 1 amide bonds. The van der Waals surface area contributed by atoms with Gasteiger partial charge < -0.3 is 15.1 Å². The van der Waals surface area contributed by atoms with Crippen LogP contribution >= 0.6 is 11.3 Å². The van der Waals surface area contributed by atoms with E-state index in [2.05, 4.69) is 11.8 Å². The van der Waals surface area contributed by atoms with Gasteiger partial charge in [0.05, 0.1) is 12.7 Å². The molecular weight excluding hydrogens is 274 g/mol. The summed E-state index contributed by atoms with van der Waals surface area (Å²) in [5.41, 5.74) is 0.710. The van der Waals surface area contributed by atoms with E-state index >= 15 is 0 Å². The van der Waals surface area contributed by atoms with Crippen LogP contribution in [-0.2, 0) is 0 Å². The Morgan fingerprint density at radius 1 is 1.60 bits per heavy atom. The predicted molar refractivity (Wildman–Crippen MR) is 78.6 cm³/mol. The van der Waals surface area contributed by atoms with Gasteiger partial charge in [-0.15, -0.1) is 11.3 Å². The molecule has 2 heterocycles. The van der Waals surface area contributed by atoms with Gasteiger partial charge in [0.15, 0.2) is 0 Å². The summed E-state index contributed by atoms with van der Waals surface area (Å²) in [4.78, 5) is 14.8. The summed E-state index contributed by atoms with van der Waals surface area (Å²) in [5.74, 6) is 5.95. The lowest BCUT2D eigenvalue weighted by Crippen LogP contribution is -2.45. The summed E-state index contributed by atoms with van der Waals surface area (Å²) >= 11 is 1.37. The van der Waals surface area contributed by atoms with Crippen molar-refractivity contribution in [3.8, 4) is 11.8 Å². The Balaban J connectivity index is 2.10. The number of nitrogens with zero attached hydrogens (tertiary/aromatic N) is 1. The molecule has 0 aromatic carbocycles. The highest BCUT2D eigenvalue weighted by atomic mass is 32.1. The van der Waals surface area contributed by atoms with Crippen LogP contribution in [0.2, 0.25) is 0 Å². The number of thiophene rings is 1. The van der Waals surface area contributed by atoms with Crippen molar-refractivity contribution in [2.24, 2.45) is 5.92 Å². The van der Waals surface area contributed by atoms with E-state index in [1.807, 2.05) is 18.4 Å². The van der Waals surface area contributed by atoms with Crippen LogP contribution in [-0.4, -0.2) is 46.8 Å². The molecule has 5 heteroatoms. The predicted octanol–water partition coefficient (Wildman–Crippen LogP) is 1.32. The zero-order chi connectivity index (χ0) is 14.5. The van der Waals surface area contributed by atoms with Gasteiger partial charge in [-0.3, -0.25) is 4.79 Å². The molecule has 1 fully saturated rings. The Morgan fingerprint density at radius 3 is 3.10 bits per heavy atom. The van der Waals surface area contributed by atoms with Crippen LogP contribution in [0.5, 0.6) is 0 Å². The summed E-state index contributed by atoms with van der Waals surface area (Å²) < 4.78 is 0. The maximum atomic E-state index is 12.5. The van der Waals surface area contributed by atoms with Crippen molar-refractivity contribution < 1.29 is 15.0 Å². The van der Waals surface area contributed by atoms with Crippen LogP contribution in [0.3, 0.4) is 0 Å². The molecule has 1 saturated heterocycles. The molecule has 0 spiro atoms. The second-order valence-corrected chi connectivity index (χ2v) is 5.94. The Bertz CT molecular complexity index is 529. The number of hydrogen-bond donors (Lipinski definition) is 2. The standard InChI is InChI=1S/C15H19NO3S/c1-11-5-7-16(10-13(11)18)15(19)14-12(6-9-20-14)4-2-3-8-17/h6,9,11,13,17-18H,3,5,7-8,10H2,1H3. The van der Waals surface area contributed by atoms with Crippen molar-refractivity contribution in [2.45, 2.75) is 25.9 Å². The average molecular weight is 293 g/mol. The van der Waals surface area contributed by atoms with Crippen LogP contribution in [0.15, 0.2) is 11.4 Å². The number of aliphatic hydroxyl groups is 2. The Labute approximate surface area is 123 Å². The van der Waals surface area contributed by atoms with E-state index in [9.17, 15) is 9.90 Å². The van der Waals surface area contributed by atoms with E-state index in [1.54, 1.807) is 4.90 Å². The highest BCUT2D eigenvalue weighted by Crippen LogP contribution is 2.23. The molecule has 2 atom stereocenters. The summed E-state index contributed by atoms with van der Waals surface area (Å²) in [5, 5.41) is 20.5. The fraction of sp³-hybridized carbons (Fsp3) is 0.533. The zero-order valence-corrected chi connectivity index (χ0v) is 12.3. The first kappa shape index (κ1) is 15.0.